The van der Waals surface area contributed by atoms with Crippen molar-refractivity contribution in [3.05, 3.63) is 0 Å². The van der Waals surface area contributed by atoms with E-state index in [-0.39, 0.29) is 6.29 Å². The van der Waals surface area contributed by atoms with E-state index in [1.54, 1.807) is 0 Å². The van der Waals surface area contributed by atoms with Crippen molar-refractivity contribution in [3.8, 4) is 0 Å². The molecule has 5 rings (SSSR count). The minimum absolute atomic E-state index is 0.101. The van der Waals surface area contributed by atoms with Gasteiger partial charge in [-0.25, -0.2) is 0 Å². The molecule has 0 aromatic carbocycles. The van der Waals surface area contributed by atoms with Crippen LogP contribution in [0.2, 0.25) is 0 Å². The maximum absolute atomic E-state index is 6.09. The standard InChI is InChI=1S/C16H27NO2/c17-2-1-10-8-18-16(19-9-10)15-13-4-11-3-12(6-13)7-14(15)5-11/h10-16H,1-9,17H2. The summed E-state index contributed by atoms with van der Waals surface area (Å²) >= 11 is 0. The Morgan fingerprint density at radius 2 is 1.42 bits per heavy atom. The monoisotopic (exact) mass is 265 g/mol. The third-order valence-corrected chi connectivity index (χ3v) is 6.18. The Hall–Kier alpha value is -0.120. The number of hydrogen-bond acceptors (Lipinski definition) is 3. The van der Waals surface area contributed by atoms with Crippen LogP contribution in [-0.4, -0.2) is 26.0 Å². The number of nitrogens with two attached hydrogens (primary N) is 1. The van der Waals surface area contributed by atoms with Crippen LogP contribution in [0.25, 0.3) is 0 Å². The van der Waals surface area contributed by atoms with Crippen LogP contribution in [0.3, 0.4) is 0 Å². The fraction of sp³-hybridized carbons (Fsp3) is 1.00. The Bertz CT molecular complexity index is 297. The van der Waals surface area contributed by atoms with E-state index in [1.807, 2.05) is 0 Å². The third-order valence-electron chi connectivity index (χ3n) is 6.18. The molecular weight excluding hydrogens is 238 g/mol. The molecule has 4 bridgehead atoms. The highest BCUT2D eigenvalue weighted by Crippen LogP contribution is 2.58. The first-order valence-electron chi connectivity index (χ1n) is 8.26. The summed E-state index contributed by atoms with van der Waals surface area (Å²) in [6, 6.07) is 0. The Kier molecular flexibility index (Phi) is 3.33. The molecule has 2 N–H and O–H groups in total. The Morgan fingerprint density at radius 3 is 1.95 bits per heavy atom. The first-order chi connectivity index (χ1) is 9.33. The molecule has 4 saturated carbocycles. The first kappa shape index (κ1) is 12.6. The van der Waals surface area contributed by atoms with E-state index in [0.717, 1.165) is 49.9 Å². The van der Waals surface area contributed by atoms with Crippen molar-refractivity contribution in [1.29, 1.82) is 0 Å². The maximum atomic E-state index is 6.09. The molecule has 108 valence electrons. The van der Waals surface area contributed by atoms with E-state index < -0.39 is 0 Å². The highest BCUT2D eigenvalue weighted by molar-refractivity contribution is 4.99. The lowest BCUT2D eigenvalue weighted by molar-refractivity contribution is -0.260. The predicted molar refractivity (Wildman–Crippen MR) is 73.4 cm³/mol. The molecule has 5 fully saturated rings. The third kappa shape index (κ3) is 2.24. The van der Waals surface area contributed by atoms with Crippen molar-refractivity contribution in [1.82, 2.24) is 0 Å². The number of ether oxygens (including phenoxy) is 2. The smallest absolute Gasteiger partial charge is 0.160 e. The molecule has 3 heteroatoms. The molecule has 0 radical (unpaired) electrons. The summed E-state index contributed by atoms with van der Waals surface area (Å²) in [6.45, 7) is 2.48. The van der Waals surface area contributed by atoms with Gasteiger partial charge in [0.2, 0.25) is 0 Å². The average Bonchev–Trinajstić information content (AvgIpc) is 2.40. The SMILES string of the molecule is NCCC1COC(C2C3CC4CC(C3)CC2C4)OC1. The van der Waals surface area contributed by atoms with Crippen molar-refractivity contribution in [2.75, 3.05) is 19.8 Å². The molecule has 0 atom stereocenters. The van der Waals surface area contributed by atoms with Gasteiger partial charge < -0.3 is 15.2 Å². The highest BCUT2D eigenvalue weighted by Gasteiger charge is 2.51. The zero-order chi connectivity index (χ0) is 12.8. The van der Waals surface area contributed by atoms with Crippen molar-refractivity contribution in [3.63, 3.8) is 0 Å². The number of hydrogen-bond donors (Lipinski definition) is 1. The zero-order valence-electron chi connectivity index (χ0n) is 11.8. The summed E-state index contributed by atoms with van der Waals surface area (Å²) in [4.78, 5) is 0. The van der Waals surface area contributed by atoms with E-state index >= 15 is 0 Å². The van der Waals surface area contributed by atoms with Crippen LogP contribution in [0, 0.1) is 35.5 Å². The van der Waals surface area contributed by atoms with Crippen LogP contribution in [0.4, 0.5) is 0 Å². The summed E-state index contributed by atoms with van der Waals surface area (Å²) in [5.74, 6) is 5.09. The molecule has 0 aromatic heterocycles. The summed E-state index contributed by atoms with van der Waals surface area (Å²) in [7, 11) is 0. The molecule has 1 aliphatic heterocycles. The van der Waals surface area contributed by atoms with E-state index in [2.05, 4.69) is 0 Å². The first-order valence-corrected chi connectivity index (χ1v) is 8.26. The van der Waals surface area contributed by atoms with Crippen LogP contribution >= 0.6 is 0 Å². The van der Waals surface area contributed by atoms with Gasteiger partial charge in [-0.1, -0.05) is 0 Å². The lowest BCUT2D eigenvalue weighted by atomic mass is 9.51. The van der Waals surface area contributed by atoms with Gasteiger partial charge in [-0.2, -0.15) is 0 Å². The largest absolute Gasteiger partial charge is 0.352 e. The van der Waals surface area contributed by atoms with Crippen LogP contribution < -0.4 is 5.73 Å². The van der Waals surface area contributed by atoms with Crippen LogP contribution in [0.1, 0.15) is 38.5 Å². The quantitative estimate of drug-likeness (QED) is 0.852. The molecule has 5 aliphatic rings. The van der Waals surface area contributed by atoms with E-state index in [4.69, 9.17) is 15.2 Å². The lowest BCUT2D eigenvalue weighted by Gasteiger charge is -2.56. The van der Waals surface area contributed by atoms with Crippen molar-refractivity contribution < 1.29 is 9.47 Å². The van der Waals surface area contributed by atoms with Crippen molar-refractivity contribution >= 4 is 0 Å². The van der Waals surface area contributed by atoms with Crippen molar-refractivity contribution in [2.24, 2.45) is 41.2 Å². The number of rotatable bonds is 3. The van der Waals surface area contributed by atoms with Gasteiger partial charge in [-0.3, -0.25) is 0 Å². The normalized spacial score (nSPS) is 52.6. The molecule has 4 aliphatic carbocycles. The minimum Gasteiger partial charge on any atom is -0.352 e. The molecule has 1 heterocycles. The summed E-state index contributed by atoms with van der Waals surface area (Å²) in [5, 5.41) is 0. The second-order valence-electron chi connectivity index (χ2n) is 7.49. The Labute approximate surface area is 116 Å². The zero-order valence-corrected chi connectivity index (χ0v) is 11.8. The Balaban J connectivity index is 1.40. The summed E-state index contributed by atoms with van der Waals surface area (Å²) < 4.78 is 12.2. The van der Waals surface area contributed by atoms with E-state index in [1.165, 1.54) is 32.1 Å². The average molecular weight is 265 g/mol. The van der Waals surface area contributed by atoms with Crippen LogP contribution in [0.5, 0.6) is 0 Å². The maximum Gasteiger partial charge on any atom is 0.160 e. The summed E-state index contributed by atoms with van der Waals surface area (Å²) in [5.41, 5.74) is 5.62. The molecule has 0 unspecified atom stereocenters. The summed E-state index contributed by atoms with van der Waals surface area (Å²) in [6.07, 6.45) is 8.46. The molecule has 19 heavy (non-hydrogen) atoms. The molecule has 3 nitrogen and oxygen atoms in total. The van der Waals surface area contributed by atoms with Gasteiger partial charge in [0, 0.05) is 11.8 Å². The van der Waals surface area contributed by atoms with Gasteiger partial charge in [0.1, 0.15) is 0 Å². The van der Waals surface area contributed by atoms with Crippen LogP contribution in [0.15, 0.2) is 0 Å². The second kappa shape index (κ2) is 5.01. The lowest BCUT2D eigenvalue weighted by Crippen LogP contribution is -2.52. The fourth-order valence-electron chi connectivity index (χ4n) is 5.59. The van der Waals surface area contributed by atoms with Gasteiger partial charge >= 0.3 is 0 Å². The molecule has 1 saturated heterocycles. The fourth-order valence-corrected chi connectivity index (χ4v) is 5.59. The van der Waals surface area contributed by atoms with E-state index in [9.17, 15) is 0 Å². The van der Waals surface area contributed by atoms with Gasteiger partial charge in [-0.05, 0) is 68.7 Å². The second-order valence-corrected chi connectivity index (χ2v) is 7.49. The molecule has 0 amide bonds. The van der Waals surface area contributed by atoms with E-state index in [0.29, 0.717) is 11.8 Å². The van der Waals surface area contributed by atoms with Gasteiger partial charge in [0.25, 0.3) is 0 Å². The molecule has 0 aromatic rings. The van der Waals surface area contributed by atoms with Gasteiger partial charge in [0.15, 0.2) is 6.29 Å². The van der Waals surface area contributed by atoms with Crippen molar-refractivity contribution in [2.45, 2.75) is 44.8 Å². The molecular formula is C16H27NO2. The van der Waals surface area contributed by atoms with Crippen LogP contribution in [-0.2, 0) is 9.47 Å². The Morgan fingerprint density at radius 1 is 0.842 bits per heavy atom. The highest BCUT2D eigenvalue weighted by atomic mass is 16.7. The predicted octanol–water partition coefficient (Wildman–Crippen LogP) is 2.40. The topological polar surface area (TPSA) is 44.5 Å². The minimum atomic E-state index is 0.101. The molecule has 0 spiro atoms. The van der Waals surface area contributed by atoms with Gasteiger partial charge in [-0.15, -0.1) is 0 Å². The van der Waals surface area contributed by atoms with Gasteiger partial charge in [0.05, 0.1) is 13.2 Å².